The number of carbonyl (C=O) groups excluding carboxylic acids is 2. The Bertz CT molecular complexity index is 1370. The van der Waals surface area contributed by atoms with Crippen molar-refractivity contribution in [1.29, 1.82) is 0 Å². The summed E-state index contributed by atoms with van der Waals surface area (Å²) in [6.07, 6.45) is 1.64. The standard InChI is InChI=1S/C26H20BrN3O5/c1-16-22(25(32)30(29-16)21-9-5-6-17(13-21)26(33)34)14-18-12-19(27)10-11-23(18)35-15-24(31)28-20-7-3-2-4-8-20/h2-14H,15H2,1H3,(H,28,31)(H,33,34). The number of carboxylic acids is 1. The zero-order chi connectivity index (χ0) is 24.9. The summed E-state index contributed by atoms with van der Waals surface area (Å²) in [5.41, 5.74) is 2.42. The van der Waals surface area contributed by atoms with Gasteiger partial charge in [0.2, 0.25) is 0 Å². The van der Waals surface area contributed by atoms with Crippen molar-refractivity contribution in [2.75, 3.05) is 16.9 Å². The summed E-state index contributed by atoms with van der Waals surface area (Å²) in [5.74, 6) is -1.41. The minimum atomic E-state index is -1.10. The third-order valence-corrected chi connectivity index (χ3v) is 5.58. The first-order chi connectivity index (χ1) is 16.8. The molecule has 1 aliphatic heterocycles. The smallest absolute Gasteiger partial charge is 0.335 e. The van der Waals surface area contributed by atoms with Gasteiger partial charge in [0.15, 0.2) is 6.61 Å². The molecule has 1 heterocycles. The van der Waals surface area contributed by atoms with Gasteiger partial charge in [0.05, 0.1) is 22.5 Å². The summed E-state index contributed by atoms with van der Waals surface area (Å²) in [5, 5.41) is 17.5. The fraction of sp³-hybridized carbons (Fsp3) is 0.0769. The molecule has 2 N–H and O–H groups in total. The number of carboxylic acid groups (broad SMARTS) is 1. The second-order valence-electron chi connectivity index (χ2n) is 7.60. The van der Waals surface area contributed by atoms with Crippen LogP contribution in [0.1, 0.15) is 22.8 Å². The van der Waals surface area contributed by atoms with E-state index in [1.165, 1.54) is 17.1 Å². The van der Waals surface area contributed by atoms with E-state index in [4.69, 9.17) is 4.74 Å². The molecule has 35 heavy (non-hydrogen) atoms. The van der Waals surface area contributed by atoms with Crippen molar-refractivity contribution < 1.29 is 24.2 Å². The highest BCUT2D eigenvalue weighted by Crippen LogP contribution is 2.30. The van der Waals surface area contributed by atoms with Crippen LogP contribution in [0.3, 0.4) is 0 Å². The van der Waals surface area contributed by atoms with E-state index in [1.54, 1.807) is 55.5 Å². The van der Waals surface area contributed by atoms with Crippen LogP contribution in [-0.2, 0) is 9.59 Å². The van der Waals surface area contributed by atoms with Crippen molar-refractivity contribution in [1.82, 2.24) is 0 Å². The number of halogens is 1. The lowest BCUT2D eigenvalue weighted by Crippen LogP contribution is -2.22. The zero-order valence-corrected chi connectivity index (χ0v) is 20.2. The summed E-state index contributed by atoms with van der Waals surface area (Å²) >= 11 is 3.43. The number of aromatic carboxylic acids is 1. The maximum atomic E-state index is 13.1. The number of carbonyl (C=O) groups is 3. The number of benzene rings is 3. The Morgan fingerprint density at radius 1 is 1.09 bits per heavy atom. The lowest BCUT2D eigenvalue weighted by atomic mass is 10.1. The number of hydrogen-bond acceptors (Lipinski definition) is 5. The molecule has 0 unspecified atom stereocenters. The molecule has 0 saturated heterocycles. The van der Waals surface area contributed by atoms with Crippen LogP contribution in [0.2, 0.25) is 0 Å². The maximum absolute atomic E-state index is 13.1. The van der Waals surface area contributed by atoms with Crippen LogP contribution in [0.4, 0.5) is 11.4 Å². The van der Waals surface area contributed by atoms with Crippen LogP contribution >= 0.6 is 15.9 Å². The molecule has 4 rings (SSSR count). The van der Waals surface area contributed by atoms with Gasteiger partial charge in [-0.3, -0.25) is 9.59 Å². The molecule has 3 aromatic carbocycles. The third-order valence-electron chi connectivity index (χ3n) is 5.09. The summed E-state index contributed by atoms with van der Waals surface area (Å²) in [6, 6.07) is 20.3. The molecule has 176 valence electrons. The van der Waals surface area contributed by atoms with Gasteiger partial charge in [-0.15, -0.1) is 0 Å². The average Bonchev–Trinajstić information content (AvgIpc) is 3.12. The lowest BCUT2D eigenvalue weighted by molar-refractivity contribution is -0.118. The molecule has 2 amide bonds. The lowest BCUT2D eigenvalue weighted by Gasteiger charge is -2.13. The Labute approximate surface area is 209 Å². The van der Waals surface area contributed by atoms with E-state index in [2.05, 4.69) is 26.3 Å². The number of hydrazone groups is 1. The average molecular weight is 534 g/mol. The number of ether oxygens (including phenoxy) is 1. The topological polar surface area (TPSA) is 108 Å². The fourth-order valence-corrected chi connectivity index (χ4v) is 3.79. The molecule has 3 aromatic rings. The van der Waals surface area contributed by atoms with Crippen molar-refractivity contribution in [3.8, 4) is 5.75 Å². The Morgan fingerprint density at radius 2 is 1.86 bits per heavy atom. The number of rotatable bonds is 7. The molecule has 0 aromatic heterocycles. The van der Waals surface area contributed by atoms with E-state index in [9.17, 15) is 19.5 Å². The fourth-order valence-electron chi connectivity index (χ4n) is 3.41. The number of nitrogens with zero attached hydrogens (tertiary/aromatic N) is 2. The summed E-state index contributed by atoms with van der Waals surface area (Å²) < 4.78 is 6.51. The molecule has 0 bridgehead atoms. The molecule has 0 spiro atoms. The number of amides is 2. The Hall–Kier alpha value is -4.24. The van der Waals surface area contributed by atoms with Gasteiger partial charge >= 0.3 is 5.97 Å². The van der Waals surface area contributed by atoms with Crippen LogP contribution < -0.4 is 15.1 Å². The number of hydrogen-bond donors (Lipinski definition) is 2. The van der Waals surface area contributed by atoms with E-state index in [0.29, 0.717) is 34.0 Å². The summed E-state index contributed by atoms with van der Waals surface area (Å²) in [4.78, 5) is 36.8. The van der Waals surface area contributed by atoms with Crippen molar-refractivity contribution in [3.63, 3.8) is 0 Å². The van der Waals surface area contributed by atoms with Gasteiger partial charge < -0.3 is 15.2 Å². The van der Waals surface area contributed by atoms with E-state index in [1.807, 2.05) is 18.2 Å². The van der Waals surface area contributed by atoms with Gasteiger partial charge in [0, 0.05) is 15.7 Å². The predicted octanol–water partition coefficient (Wildman–Crippen LogP) is 4.97. The van der Waals surface area contributed by atoms with Gasteiger partial charge in [-0.1, -0.05) is 40.2 Å². The van der Waals surface area contributed by atoms with Crippen molar-refractivity contribution in [2.45, 2.75) is 6.92 Å². The van der Waals surface area contributed by atoms with E-state index in [-0.39, 0.29) is 18.1 Å². The SMILES string of the molecule is CC1=NN(c2cccc(C(=O)O)c2)C(=O)C1=Cc1cc(Br)ccc1OCC(=O)Nc1ccccc1. The number of nitrogens with one attached hydrogen (secondary N) is 1. The number of anilines is 2. The molecule has 1 aliphatic rings. The minimum absolute atomic E-state index is 0.0528. The summed E-state index contributed by atoms with van der Waals surface area (Å²) in [6.45, 7) is 1.47. The quantitative estimate of drug-likeness (QED) is 0.416. The molecule has 0 saturated carbocycles. The second kappa shape index (κ2) is 10.4. The van der Waals surface area contributed by atoms with Crippen molar-refractivity contribution in [3.05, 3.63) is 94.0 Å². The molecule has 0 atom stereocenters. The summed E-state index contributed by atoms with van der Waals surface area (Å²) in [7, 11) is 0. The second-order valence-corrected chi connectivity index (χ2v) is 8.52. The van der Waals surface area contributed by atoms with Gasteiger partial charge in [-0.2, -0.15) is 10.1 Å². The minimum Gasteiger partial charge on any atom is -0.483 e. The van der Waals surface area contributed by atoms with Crippen LogP contribution in [0.5, 0.6) is 5.75 Å². The van der Waals surface area contributed by atoms with Crippen LogP contribution in [0, 0.1) is 0 Å². The zero-order valence-electron chi connectivity index (χ0n) is 18.6. The Balaban J connectivity index is 1.55. The molecular formula is C26H20BrN3O5. The highest BCUT2D eigenvalue weighted by molar-refractivity contribution is 9.10. The first-order valence-electron chi connectivity index (χ1n) is 10.5. The first-order valence-corrected chi connectivity index (χ1v) is 11.3. The first kappa shape index (κ1) is 23.9. The Kier molecular flexibility index (Phi) is 7.07. The largest absolute Gasteiger partial charge is 0.483 e. The van der Waals surface area contributed by atoms with E-state index in [0.717, 1.165) is 4.47 Å². The molecular weight excluding hydrogens is 514 g/mol. The van der Waals surface area contributed by atoms with Gasteiger partial charge in [-0.05, 0) is 61.5 Å². The van der Waals surface area contributed by atoms with Crippen LogP contribution in [0.15, 0.2) is 87.9 Å². The normalized spacial score (nSPS) is 14.1. The van der Waals surface area contributed by atoms with E-state index >= 15 is 0 Å². The predicted molar refractivity (Wildman–Crippen MR) is 137 cm³/mol. The highest BCUT2D eigenvalue weighted by atomic mass is 79.9. The molecule has 9 heteroatoms. The molecule has 0 fully saturated rings. The monoisotopic (exact) mass is 533 g/mol. The van der Waals surface area contributed by atoms with Crippen molar-refractivity contribution in [2.24, 2.45) is 5.10 Å². The maximum Gasteiger partial charge on any atom is 0.335 e. The third kappa shape index (κ3) is 5.64. The van der Waals surface area contributed by atoms with Crippen LogP contribution in [-0.4, -0.2) is 35.2 Å². The number of para-hydroxylation sites is 1. The molecule has 0 radical (unpaired) electrons. The Morgan fingerprint density at radius 3 is 2.60 bits per heavy atom. The highest BCUT2D eigenvalue weighted by Gasteiger charge is 2.29. The van der Waals surface area contributed by atoms with Gasteiger partial charge in [0.25, 0.3) is 11.8 Å². The van der Waals surface area contributed by atoms with Gasteiger partial charge in [-0.25, -0.2) is 4.79 Å². The van der Waals surface area contributed by atoms with Crippen LogP contribution in [0.25, 0.3) is 6.08 Å². The van der Waals surface area contributed by atoms with E-state index < -0.39 is 11.9 Å². The molecule has 8 nitrogen and oxygen atoms in total. The van der Waals surface area contributed by atoms with Gasteiger partial charge in [0.1, 0.15) is 5.75 Å². The molecule has 0 aliphatic carbocycles. The van der Waals surface area contributed by atoms with Crippen molar-refractivity contribution >= 4 is 56.9 Å².